The van der Waals surface area contributed by atoms with Gasteiger partial charge in [0.05, 0.1) is 24.9 Å². The molecule has 0 bridgehead atoms. The number of nitrogens with zero attached hydrogens (tertiary/aromatic N) is 4. The number of allylic oxidation sites excluding steroid dienone is 1. The van der Waals surface area contributed by atoms with Gasteiger partial charge in [0.2, 0.25) is 0 Å². The maximum Gasteiger partial charge on any atom is 0.130 e. The number of H-pyrrole nitrogens is 1. The number of aromatic nitrogens is 4. The molecule has 5 rings (SSSR count). The Labute approximate surface area is 168 Å². The monoisotopic (exact) mass is 393 g/mol. The van der Waals surface area contributed by atoms with Crippen molar-refractivity contribution in [2.24, 2.45) is 0 Å². The zero-order chi connectivity index (χ0) is 18.9. The summed E-state index contributed by atoms with van der Waals surface area (Å²) >= 11 is 1.99. The van der Waals surface area contributed by atoms with Gasteiger partial charge in [-0.25, -0.2) is 4.98 Å². The minimum absolute atomic E-state index is 0.301. The van der Waals surface area contributed by atoms with Crippen molar-refractivity contribution < 1.29 is 4.74 Å². The lowest BCUT2D eigenvalue weighted by atomic mass is 9.98. The molecule has 0 aliphatic carbocycles. The summed E-state index contributed by atoms with van der Waals surface area (Å²) in [5, 5.41) is 8.31. The number of anilines is 1. The van der Waals surface area contributed by atoms with E-state index in [4.69, 9.17) is 9.72 Å². The molecular weight excluding hydrogens is 370 g/mol. The minimum atomic E-state index is 0.301. The van der Waals surface area contributed by atoms with Crippen LogP contribution in [0.3, 0.4) is 0 Å². The highest BCUT2D eigenvalue weighted by molar-refractivity contribution is 7.99. The van der Waals surface area contributed by atoms with Crippen molar-refractivity contribution in [1.82, 2.24) is 20.2 Å². The average Bonchev–Trinajstić information content (AvgIpc) is 3.28. The first-order valence-electron chi connectivity index (χ1n) is 9.72. The summed E-state index contributed by atoms with van der Waals surface area (Å²) in [5.74, 6) is 3.24. The molecule has 144 valence electrons. The van der Waals surface area contributed by atoms with E-state index in [-0.39, 0.29) is 0 Å². The quantitative estimate of drug-likeness (QED) is 0.731. The molecular formula is C21H23N5OS. The van der Waals surface area contributed by atoms with E-state index in [0.29, 0.717) is 6.04 Å². The van der Waals surface area contributed by atoms with E-state index in [0.717, 1.165) is 65.8 Å². The molecule has 0 radical (unpaired) electrons. The van der Waals surface area contributed by atoms with Gasteiger partial charge in [0.25, 0.3) is 0 Å². The third-order valence-electron chi connectivity index (χ3n) is 5.44. The predicted molar refractivity (Wildman–Crippen MR) is 115 cm³/mol. The molecule has 1 saturated heterocycles. The number of hydrogen-bond acceptors (Lipinski definition) is 6. The highest BCUT2D eigenvalue weighted by atomic mass is 32.2. The summed E-state index contributed by atoms with van der Waals surface area (Å²) in [5.41, 5.74) is 5.36. The molecule has 6 nitrogen and oxygen atoms in total. The van der Waals surface area contributed by atoms with E-state index in [2.05, 4.69) is 45.2 Å². The van der Waals surface area contributed by atoms with Crippen molar-refractivity contribution in [1.29, 1.82) is 0 Å². The molecule has 1 atom stereocenters. The second-order valence-electron chi connectivity index (χ2n) is 7.23. The molecule has 5 heterocycles. The van der Waals surface area contributed by atoms with Gasteiger partial charge < -0.3 is 9.64 Å². The van der Waals surface area contributed by atoms with Crippen LogP contribution in [0.4, 0.5) is 5.82 Å². The standard InChI is InChI=1S/C21H23N5OS/c1-14-13-27-9-8-26(14)19-12-17(15-4-10-28-11-5-15)16-2-6-22-21(20(16)24-19)18-3-7-23-25-18/h2-4,6-7,12,14H,5,8-11,13H2,1H3,(H,23,25). The number of thioether (sulfide) groups is 1. The number of nitrogens with one attached hydrogen (secondary N) is 1. The molecule has 1 unspecified atom stereocenters. The van der Waals surface area contributed by atoms with E-state index in [1.165, 1.54) is 11.1 Å². The van der Waals surface area contributed by atoms with E-state index >= 15 is 0 Å². The SMILES string of the molecule is CC1COCCN1c1cc(C2=CCSCC2)c2ccnc(-c3ccn[nH]3)c2n1. The Kier molecular flexibility index (Phi) is 4.78. The molecule has 0 aromatic carbocycles. The molecule has 1 fully saturated rings. The van der Waals surface area contributed by atoms with Gasteiger partial charge in [0, 0.05) is 30.1 Å². The number of rotatable bonds is 3. The number of morpholine rings is 1. The second-order valence-corrected chi connectivity index (χ2v) is 8.38. The summed E-state index contributed by atoms with van der Waals surface area (Å²) in [6.07, 6.45) is 7.08. The van der Waals surface area contributed by atoms with E-state index < -0.39 is 0 Å². The molecule has 28 heavy (non-hydrogen) atoms. The van der Waals surface area contributed by atoms with Crippen molar-refractivity contribution in [2.75, 3.05) is 36.2 Å². The summed E-state index contributed by atoms with van der Waals surface area (Å²) < 4.78 is 5.64. The first-order chi connectivity index (χ1) is 13.8. The first-order valence-corrected chi connectivity index (χ1v) is 10.9. The number of fused-ring (bicyclic) bond motifs is 1. The van der Waals surface area contributed by atoms with Gasteiger partial charge >= 0.3 is 0 Å². The largest absolute Gasteiger partial charge is 0.377 e. The molecule has 3 aromatic heterocycles. The first kappa shape index (κ1) is 17.7. The third-order valence-corrected chi connectivity index (χ3v) is 6.34. The molecule has 3 aromatic rings. The van der Waals surface area contributed by atoms with E-state index in [1.54, 1.807) is 6.20 Å². The van der Waals surface area contributed by atoms with Crippen molar-refractivity contribution >= 4 is 34.1 Å². The Bertz CT molecular complexity index is 1020. The molecule has 0 spiro atoms. The van der Waals surface area contributed by atoms with Gasteiger partial charge in [0.15, 0.2) is 0 Å². The fraction of sp³-hybridized carbons (Fsp3) is 0.381. The normalized spacial score (nSPS) is 20.4. The van der Waals surface area contributed by atoms with Gasteiger partial charge in [0.1, 0.15) is 17.0 Å². The molecule has 7 heteroatoms. The van der Waals surface area contributed by atoms with Crippen LogP contribution >= 0.6 is 11.8 Å². The Hall–Kier alpha value is -2.38. The van der Waals surface area contributed by atoms with Gasteiger partial charge in [-0.15, -0.1) is 0 Å². The Balaban J connectivity index is 1.74. The van der Waals surface area contributed by atoms with Gasteiger partial charge in [-0.2, -0.15) is 16.9 Å². The Morgan fingerprint density at radius 1 is 1.29 bits per heavy atom. The summed E-state index contributed by atoms with van der Waals surface area (Å²) in [6.45, 7) is 4.52. The Morgan fingerprint density at radius 2 is 2.25 bits per heavy atom. The lowest BCUT2D eigenvalue weighted by Crippen LogP contribution is -2.44. The highest BCUT2D eigenvalue weighted by Gasteiger charge is 2.23. The van der Waals surface area contributed by atoms with Crippen molar-refractivity contribution in [3.63, 3.8) is 0 Å². The van der Waals surface area contributed by atoms with Gasteiger partial charge in [-0.1, -0.05) is 6.08 Å². The topological polar surface area (TPSA) is 66.9 Å². The maximum absolute atomic E-state index is 5.64. The molecule has 1 N–H and O–H groups in total. The minimum Gasteiger partial charge on any atom is -0.377 e. The lowest BCUT2D eigenvalue weighted by Gasteiger charge is -2.35. The molecule has 2 aliphatic rings. The van der Waals surface area contributed by atoms with Gasteiger partial charge in [-0.3, -0.25) is 10.1 Å². The van der Waals surface area contributed by atoms with Crippen LogP contribution in [0.5, 0.6) is 0 Å². The zero-order valence-electron chi connectivity index (χ0n) is 15.9. The van der Waals surface area contributed by atoms with Crippen LogP contribution in [0.2, 0.25) is 0 Å². The Morgan fingerprint density at radius 3 is 3.04 bits per heavy atom. The predicted octanol–water partition coefficient (Wildman–Crippen LogP) is 3.77. The molecule has 0 saturated carbocycles. The fourth-order valence-electron chi connectivity index (χ4n) is 3.98. The summed E-state index contributed by atoms with van der Waals surface area (Å²) in [7, 11) is 0. The van der Waals surface area contributed by atoms with Gasteiger partial charge in [-0.05, 0) is 48.4 Å². The van der Waals surface area contributed by atoms with Crippen LogP contribution in [0, 0.1) is 0 Å². The summed E-state index contributed by atoms with van der Waals surface area (Å²) in [6, 6.07) is 6.61. The van der Waals surface area contributed by atoms with Crippen LogP contribution < -0.4 is 4.90 Å². The zero-order valence-corrected chi connectivity index (χ0v) is 16.7. The molecule has 2 aliphatic heterocycles. The van der Waals surface area contributed by atoms with Crippen LogP contribution in [-0.2, 0) is 4.74 Å². The van der Waals surface area contributed by atoms with Crippen molar-refractivity contribution in [3.8, 4) is 11.4 Å². The average molecular weight is 394 g/mol. The van der Waals surface area contributed by atoms with Crippen molar-refractivity contribution in [2.45, 2.75) is 19.4 Å². The lowest BCUT2D eigenvalue weighted by molar-refractivity contribution is 0.0985. The number of pyridine rings is 2. The molecule has 0 amide bonds. The van der Waals surface area contributed by atoms with Crippen molar-refractivity contribution in [3.05, 3.63) is 42.2 Å². The van der Waals surface area contributed by atoms with E-state index in [9.17, 15) is 0 Å². The highest BCUT2D eigenvalue weighted by Crippen LogP contribution is 2.36. The number of ether oxygens (including phenoxy) is 1. The van der Waals surface area contributed by atoms with Crippen LogP contribution in [0.25, 0.3) is 27.9 Å². The third kappa shape index (κ3) is 3.18. The summed E-state index contributed by atoms with van der Waals surface area (Å²) in [4.78, 5) is 12.1. The van der Waals surface area contributed by atoms with Crippen LogP contribution in [-0.4, -0.2) is 57.5 Å². The van der Waals surface area contributed by atoms with Crippen LogP contribution in [0.15, 0.2) is 36.7 Å². The van der Waals surface area contributed by atoms with E-state index in [1.807, 2.05) is 24.0 Å². The van der Waals surface area contributed by atoms with Crippen LogP contribution in [0.1, 0.15) is 18.9 Å². The number of hydrogen-bond donors (Lipinski definition) is 1. The maximum atomic E-state index is 5.64. The smallest absolute Gasteiger partial charge is 0.130 e. The number of aromatic amines is 1. The second kappa shape index (κ2) is 7.56. The fourth-order valence-corrected chi connectivity index (χ4v) is 4.82.